The lowest BCUT2D eigenvalue weighted by atomic mass is 10.0. The molecule has 156 valence electrons. The average Bonchev–Trinajstić information content (AvgIpc) is 3.25. The maximum Gasteiger partial charge on any atom is 0.348 e. The molecule has 0 aliphatic rings. The molecule has 2 aromatic carbocycles. The Morgan fingerprint density at radius 1 is 0.935 bits per heavy atom. The molecular formula is C26H24N2O2S. The van der Waals surface area contributed by atoms with Crippen molar-refractivity contribution in [2.24, 2.45) is 0 Å². The van der Waals surface area contributed by atoms with Gasteiger partial charge < -0.3 is 10.4 Å². The molecule has 4 nitrogen and oxygen atoms in total. The van der Waals surface area contributed by atoms with Crippen LogP contribution in [-0.2, 0) is 12.8 Å². The predicted octanol–water partition coefficient (Wildman–Crippen LogP) is 6.39. The van der Waals surface area contributed by atoms with Gasteiger partial charge in [0, 0.05) is 29.4 Å². The fourth-order valence-electron chi connectivity index (χ4n) is 3.57. The summed E-state index contributed by atoms with van der Waals surface area (Å²) in [5, 5.41) is 12.3. The first kappa shape index (κ1) is 20.8. The highest BCUT2D eigenvalue weighted by Gasteiger charge is 2.15. The van der Waals surface area contributed by atoms with E-state index in [9.17, 15) is 9.90 Å². The van der Waals surface area contributed by atoms with Gasteiger partial charge in [-0.05, 0) is 48.1 Å². The largest absolute Gasteiger partial charge is 0.477 e. The number of hydrogen-bond donors (Lipinski definition) is 2. The Morgan fingerprint density at radius 3 is 2.26 bits per heavy atom. The summed E-state index contributed by atoms with van der Waals surface area (Å²) in [6, 6.07) is 24.8. The van der Waals surface area contributed by atoms with Gasteiger partial charge in [-0.1, -0.05) is 60.7 Å². The van der Waals surface area contributed by atoms with E-state index in [1.807, 2.05) is 30.5 Å². The van der Waals surface area contributed by atoms with Crippen molar-refractivity contribution in [2.45, 2.75) is 19.3 Å². The Labute approximate surface area is 186 Å². The van der Waals surface area contributed by atoms with Gasteiger partial charge in [0.15, 0.2) is 0 Å². The van der Waals surface area contributed by atoms with Gasteiger partial charge in [0.05, 0.1) is 5.69 Å². The normalized spacial score (nSPS) is 10.7. The van der Waals surface area contributed by atoms with Crippen molar-refractivity contribution >= 4 is 23.0 Å². The van der Waals surface area contributed by atoms with Crippen LogP contribution < -0.4 is 5.32 Å². The van der Waals surface area contributed by atoms with Crippen molar-refractivity contribution in [3.05, 3.63) is 95.1 Å². The third kappa shape index (κ3) is 5.01. The zero-order chi connectivity index (χ0) is 21.6. The standard InChI is InChI=1S/C26H24N2O2S/c1-27-23-16-24(31-25(23)26(29)30)20-12-10-19(11-13-20)21-14-15-22(28-17-21)9-5-8-18-6-3-2-4-7-18/h2-4,6-7,10-17,27H,5,8-9H2,1H3,(H,29,30). The summed E-state index contributed by atoms with van der Waals surface area (Å²) in [4.78, 5) is 17.3. The van der Waals surface area contributed by atoms with Crippen molar-refractivity contribution in [2.75, 3.05) is 12.4 Å². The van der Waals surface area contributed by atoms with Crippen LogP contribution in [0.3, 0.4) is 0 Å². The van der Waals surface area contributed by atoms with Crippen LogP contribution in [-0.4, -0.2) is 23.1 Å². The first-order valence-electron chi connectivity index (χ1n) is 10.3. The Morgan fingerprint density at radius 2 is 1.65 bits per heavy atom. The summed E-state index contributed by atoms with van der Waals surface area (Å²) in [5.74, 6) is -0.910. The van der Waals surface area contributed by atoms with Gasteiger partial charge >= 0.3 is 5.97 Å². The van der Waals surface area contributed by atoms with Crippen LogP contribution in [0.5, 0.6) is 0 Å². The number of thiophene rings is 1. The number of hydrogen-bond acceptors (Lipinski definition) is 4. The van der Waals surface area contributed by atoms with Crippen LogP contribution in [0.4, 0.5) is 5.69 Å². The molecule has 0 atom stereocenters. The number of benzene rings is 2. The Balaban J connectivity index is 1.41. The lowest BCUT2D eigenvalue weighted by Crippen LogP contribution is -1.97. The second-order valence-electron chi connectivity index (χ2n) is 7.36. The van der Waals surface area contributed by atoms with Crippen LogP contribution in [0.1, 0.15) is 27.3 Å². The van der Waals surface area contributed by atoms with Gasteiger partial charge in [-0.25, -0.2) is 4.79 Å². The monoisotopic (exact) mass is 428 g/mol. The predicted molar refractivity (Wildman–Crippen MR) is 128 cm³/mol. The first-order chi connectivity index (χ1) is 15.1. The highest BCUT2D eigenvalue weighted by Crippen LogP contribution is 2.35. The first-order valence-corrected chi connectivity index (χ1v) is 11.1. The topological polar surface area (TPSA) is 62.2 Å². The van der Waals surface area contributed by atoms with Crippen molar-refractivity contribution < 1.29 is 9.90 Å². The average molecular weight is 429 g/mol. The summed E-state index contributed by atoms with van der Waals surface area (Å²) < 4.78 is 0. The van der Waals surface area contributed by atoms with Crippen molar-refractivity contribution in [3.8, 4) is 21.6 Å². The maximum atomic E-state index is 11.4. The minimum Gasteiger partial charge on any atom is -0.477 e. The van der Waals surface area contributed by atoms with Gasteiger partial charge in [-0.2, -0.15) is 0 Å². The van der Waals surface area contributed by atoms with Crippen LogP contribution in [0.25, 0.3) is 21.6 Å². The number of nitrogens with one attached hydrogen (secondary N) is 1. The lowest BCUT2D eigenvalue weighted by molar-refractivity contribution is 0.0703. The molecule has 0 amide bonds. The SMILES string of the molecule is CNc1cc(-c2ccc(-c3ccc(CCCc4ccccc4)nc3)cc2)sc1C(=O)O. The van der Waals surface area contributed by atoms with Crippen LogP contribution in [0.15, 0.2) is 79.0 Å². The Hall–Kier alpha value is -3.44. The third-order valence-corrected chi connectivity index (χ3v) is 6.44. The molecule has 0 aliphatic carbocycles. The van der Waals surface area contributed by atoms with Crippen LogP contribution >= 0.6 is 11.3 Å². The molecule has 4 aromatic rings. The molecule has 2 heterocycles. The molecule has 2 N–H and O–H groups in total. The van der Waals surface area contributed by atoms with E-state index < -0.39 is 5.97 Å². The molecule has 4 rings (SSSR count). The number of rotatable bonds is 8. The number of anilines is 1. The third-order valence-electron chi connectivity index (χ3n) is 5.26. The summed E-state index contributed by atoms with van der Waals surface area (Å²) in [6.07, 6.45) is 5.04. The number of aryl methyl sites for hydroxylation is 2. The zero-order valence-corrected chi connectivity index (χ0v) is 18.2. The van der Waals surface area contributed by atoms with E-state index in [2.05, 4.69) is 58.8 Å². The smallest absolute Gasteiger partial charge is 0.348 e. The number of aromatic carboxylic acids is 1. The van der Waals surface area contributed by atoms with Crippen molar-refractivity contribution in [3.63, 3.8) is 0 Å². The molecule has 0 aliphatic heterocycles. The molecule has 31 heavy (non-hydrogen) atoms. The summed E-state index contributed by atoms with van der Waals surface area (Å²) in [5.41, 5.74) is 6.28. The summed E-state index contributed by atoms with van der Waals surface area (Å²) >= 11 is 1.28. The van der Waals surface area contributed by atoms with E-state index in [0.29, 0.717) is 10.6 Å². The van der Waals surface area contributed by atoms with Gasteiger partial charge in [0.2, 0.25) is 0 Å². The van der Waals surface area contributed by atoms with Gasteiger partial charge in [-0.15, -0.1) is 11.3 Å². The molecule has 0 unspecified atom stereocenters. The number of aromatic nitrogens is 1. The van der Waals surface area contributed by atoms with E-state index in [-0.39, 0.29) is 0 Å². The minimum absolute atomic E-state index is 0.327. The Bertz CT molecular complexity index is 1150. The highest BCUT2D eigenvalue weighted by atomic mass is 32.1. The number of carboxylic acids is 1. The second kappa shape index (κ2) is 9.58. The molecule has 0 saturated heterocycles. The maximum absolute atomic E-state index is 11.4. The quantitative estimate of drug-likeness (QED) is 0.341. The molecule has 0 bridgehead atoms. The molecular weight excluding hydrogens is 404 g/mol. The summed E-state index contributed by atoms with van der Waals surface area (Å²) in [7, 11) is 1.74. The van der Waals surface area contributed by atoms with E-state index in [1.165, 1.54) is 16.9 Å². The summed E-state index contributed by atoms with van der Waals surface area (Å²) in [6.45, 7) is 0. The Kier molecular flexibility index (Phi) is 6.43. The van der Waals surface area contributed by atoms with E-state index in [4.69, 9.17) is 0 Å². The minimum atomic E-state index is -0.910. The molecule has 0 saturated carbocycles. The fraction of sp³-hybridized carbons (Fsp3) is 0.154. The number of nitrogens with zero attached hydrogens (tertiary/aromatic N) is 1. The fourth-order valence-corrected chi connectivity index (χ4v) is 4.58. The number of carbonyl (C=O) groups is 1. The molecule has 0 spiro atoms. The zero-order valence-electron chi connectivity index (χ0n) is 17.3. The van der Waals surface area contributed by atoms with E-state index in [1.54, 1.807) is 7.05 Å². The van der Waals surface area contributed by atoms with Gasteiger partial charge in [0.1, 0.15) is 4.88 Å². The second-order valence-corrected chi connectivity index (χ2v) is 8.42. The van der Waals surface area contributed by atoms with Crippen LogP contribution in [0.2, 0.25) is 0 Å². The van der Waals surface area contributed by atoms with E-state index >= 15 is 0 Å². The van der Waals surface area contributed by atoms with Gasteiger partial charge in [-0.3, -0.25) is 4.98 Å². The molecule has 5 heteroatoms. The number of pyridine rings is 1. The van der Waals surface area contributed by atoms with Gasteiger partial charge in [0.25, 0.3) is 0 Å². The highest BCUT2D eigenvalue weighted by molar-refractivity contribution is 7.18. The lowest BCUT2D eigenvalue weighted by Gasteiger charge is -2.06. The van der Waals surface area contributed by atoms with Crippen LogP contribution in [0, 0.1) is 0 Å². The van der Waals surface area contributed by atoms with E-state index in [0.717, 1.165) is 46.5 Å². The molecule has 0 fully saturated rings. The van der Waals surface area contributed by atoms with Crippen molar-refractivity contribution in [1.29, 1.82) is 0 Å². The molecule has 2 aromatic heterocycles. The van der Waals surface area contributed by atoms with Crippen molar-refractivity contribution in [1.82, 2.24) is 4.98 Å². The molecule has 0 radical (unpaired) electrons. The number of carboxylic acid groups (broad SMARTS) is 1.